The van der Waals surface area contributed by atoms with Gasteiger partial charge in [0.15, 0.2) is 0 Å². The van der Waals surface area contributed by atoms with E-state index in [-0.39, 0.29) is 0 Å². The molecule has 25 heavy (non-hydrogen) atoms. The minimum Gasteiger partial charge on any atom is -0.478 e. The first-order chi connectivity index (χ1) is 12.2. The molecule has 3 heteroatoms. The van der Waals surface area contributed by atoms with Gasteiger partial charge >= 0.3 is 5.97 Å². The highest BCUT2D eigenvalue weighted by atomic mass is 16.4. The monoisotopic (exact) mass is 331 g/mol. The van der Waals surface area contributed by atoms with Crippen LogP contribution in [0.3, 0.4) is 0 Å². The number of carboxylic acids is 1. The van der Waals surface area contributed by atoms with Crippen LogP contribution in [0.4, 0.5) is 5.69 Å². The van der Waals surface area contributed by atoms with Crippen molar-refractivity contribution in [2.45, 2.75) is 19.4 Å². The second kappa shape index (κ2) is 8.15. The molecule has 0 aliphatic carbocycles. The van der Waals surface area contributed by atoms with Gasteiger partial charge in [-0.1, -0.05) is 66.7 Å². The van der Waals surface area contributed by atoms with Gasteiger partial charge in [0.05, 0.1) is 5.56 Å². The van der Waals surface area contributed by atoms with E-state index in [1.807, 2.05) is 60.7 Å². The molecule has 0 amide bonds. The minimum atomic E-state index is -0.912. The summed E-state index contributed by atoms with van der Waals surface area (Å²) in [5.74, 6) is -0.912. The van der Waals surface area contributed by atoms with Gasteiger partial charge in [0.2, 0.25) is 0 Å². The quantitative estimate of drug-likeness (QED) is 0.655. The molecule has 0 radical (unpaired) electrons. The molecule has 0 aromatic heterocycles. The summed E-state index contributed by atoms with van der Waals surface area (Å²) < 4.78 is 0. The molecule has 0 saturated carbocycles. The van der Waals surface area contributed by atoms with Crippen molar-refractivity contribution in [3.63, 3.8) is 0 Å². The molecule has 3 aromatic rings. The van der Waals surface area contributed by atoms with E-state index in [2.05, 4.69) is 17.4 Å². The first-order valence-electron chi connectivity index (χ1n) is 8.40. The lowest BCUT2D eigenvalue weighted by atomic mass is 10.0. The maximum atomic E-state index is 11.5. The lowest BCUT2D eigenvalue weighted by Gasteiger charge is -2.12. The highest BCUT2D eigenvalue weighted by Gasteiger charge is 2.11. The van der Waals surface area contributed by atoms with Crippen molar-refractivity contribution in [1.82, 2.24) is 0 Å². The van der Waals surface area contributed by atoms with Crippen molar-refractivity contribution in [3.05, 3.63) is 101 Å². The van der Waals surface area contributed by atoms with Gasteiger partial charge in [0, 0.05) is 12.2 Å². The average Bonchev–Trinajstić information content (AvgIpc) is 2.66. The van der Waals surface area contributed by atoms with Crippen LogP contribution in [-0.2, 0) is 19.4 Å². The fourth-order valence-electron chi connectivity index (χ4n) is 2.81. The van der Waals surface area contributed by atoms with E-state index < -0.39 is 5.97 Å². The summed E-state index contributed by atoms with van der Waals surface area (Å²) in [5.41, 5.74) is 4.50. The molecule has 0 bridgehead atoms. The summed E-state index contributed by atoms with van der Waals surface area (Å²) in [6, 6.07) is 25.8. The van der Waals surface area contributed by atoms with Gasteiger partial charge < -0.3 is 10.4 Å². The molecular formula is C22H21NO2. The van der Waals surface area contributed by atoms with Crippen LogP contribution in [0.1, 0.15) is 27.0 Å². The van der Waals surface area contributed by atoms with Crippen LogP contribution in [0.2, 0.25) is 0 Å². The van der Waals surface area contributed by atoms with Gasteiger partial charge in [0.25, 0.3) is 0 Å². The second-order valence-electron chi connectivity index (χ2n) is 6.01. The van der Waals surface area contributed by atoms with Gasteiger partial charge in [0.1, 0.15) is 0 Å². The predicted molar refractivity (Wildman–Crippen MR) is 101 cm³/mol. The molecule has 0 unspecified atom stereocenters. The Balaban J connectivity index is 1.73. The Morgan fingerprint density at radius 3 is 2.00 bits per heavy atom. The highest BCUT2D eigenvalue weighted by Crippen LogP contribution is 2.20. The highest BCUT2D eigenvalue weighted by molar-refractivity contribution is 5.94. The minimum absolute atomic E-state index is 0.305. The Bertz CT molecular complexity index is 829. The second-order valence-corrected chi connectivity index (χ2v) is 6.01. The van der Waals surface area contributed by atoms with Crippen molar-refractivity contribution >= 4 is 11.7 Å². The van der Waals surface area contributed by atoms with Gasteiger partial charge in [-0.3, -0.25) is 0 Å². The summed E-state index contributed by atoms with van der Waals surface area (Å²) >= 11 is 0. The molecule has 0 aliphatic rings. The molecule has 0 atom stereocenters. The van der Waals surface area contributed by atoms with E-state index in [1.165, 1.54) is 5.56 Å². The third kappa shape index (κ3) is 4.70. The molecule has 0 saturated heterocycles. The number of carbonyl (C=O) groups is 1. The Morgan fingerprint density at radius 1 is 0.760 bits per heavy atom. The van der Waals surface area contributed by atoms with Crippen LogP contribution < -0.4 is 5.32 Å². The van der Waals surface area contributed by atoms with Gasteiger partial charge in [-0.15, -0.1) is 0 Å². The summed E-state index contributed by atoms with van der Waals surface area (Å²) in [6.45, 7) is 0.600. The largest absolute Gasteiger partial charge is 0.478 e. The van der Waals surface area contributed by atoms with Gasteiger partial charge in [-0.25, -0.2) is 4.79 Å². The molecule has 0 fully saturated rings. The molecule has 0 spiro atoms. The molecule has 0 heterocycles. The zero-order valence-electron chi connectivity index (χ0n) is 14.0. The number of carboxylic acid groups (broad SMARTS) is 1. The maximum absolute atomic E-state index is 11.5. The third-order valence-corrected chi connectivity index (χ3v) is 4.19. The zero-order chi connectivity index (χ0) is 17.5. The maximum Gasteiger partial charge on any atom is 0.337 e. The Kier molecular flexibility index (Phi) is 5.47. The average molecular weight is 331 g/mol. The Morgan fingerprint density at radius 2 is 1.36 bits per heavy atom. The first kappa shape index (κ1) is 16.8. The van der Waals surface area contributed by atoms with E-state index >= 15 is 0 Å². The van der Waals surface area contributed by atoms with E-state index in [1.54, 1.807) is 6.07 Å². The van der Waals surface area contributed by atoms with Crippen molar-refractivity contribution in [3.8, 4) is 0 Å². The van der Waals surface area contributed by atoms with Crippen molar-refractivity contribution in [1.29, 1.82) is 0 Å². The molecule has 3 rings (SSSR count). The molecule has 3 aromatic carbocycles. The smallest absolute Gasteiger partial charge is 0.337 e. The van der Waals surface area contributed by atoms with E-state index in [9.17, 15) is 9.90 Å². The number of nitrogens with one attached hydrogen (secondary N) is 1. The van der Waals surface area contributed by atoms with E-state index in [0.29, 0.717) is 17.8 Å². The molecule has 2 N–H and O–H groups in total. The number of aromatic carboxylic acids is 1. The predicted octanol–water partition coefficient (Wildman–Crippen LogP) is 4.78. The number of hydrogen-bond donors (Lipinski definition) is 2. The van der Waals surface area contributed by atoms with Crippen LogP contribution in [0, 0.1) is 0 Å². The lowest BCUT2D eigenvalue weighted by molar-refractivity contribution is 0.0698. The molecule has 0 aliphatic heterocycles. The molecule has 126 valence electrons. The topological polar surface area (TPSA) is 49.3 Å². The summed E-state index contributed by atoms with van der Waals surface area (Å²) in [7, 11) is 0. The summed E-state index contributed by atoms with van der Waals surface area (Å²) in [5, 5.41) is 12.7. The number of benzene rings is 3. The van der Waals surface area contributed by atoms with Crippen LogP contribution >= 0.6 is 0 Å². The van der Waals surface area contributed by atoms with Crippen molar-refractivity contribution in [2.24, 2.45) is 0 Å². The zero-order valence-corrected chi connectivity index (χ0v) is 14.0. The molecule has 3 nitrogen and oxygen atoms in total. The van der Waals surface area contributed by atoms with Crippen LogP contribution in [0.5, 0.6) is 0 Å². The number of rotatable bonds is 7. The fraction of sp³-hybridized carbons (Fsp3) is 0.136. The molecular weight excluding hydrogens is 310 g/mol. The summed E-state index contributed by atoms with van der Waals surface area (Å²) in [4.78, 5) is 11.5. The van der Waals surface area contributed by atoms with Gasteiger partial charge in [-0.05, 0) is 41.7 Å². The van der Waals surface area contributed by atoms with Crippen molar-refractivity contribution in [2.75, 3.05) is 5.32 Å². The standard InChI is InChI=1S/C22H21NO2/c24-22(25)20-14-13-18(12-11-17-7-3-1-4-8-17)15-21(20)23-16-19-9-5-2-6-10-19/h1-10,13-15,23H,11-12,16H2,(H,24,25). The first-order valence-corrected chi connectivity index (χ1v) is 8.40. The van der Waals surface area contributed by atoms with E-state index in [4.69, 9.17) is 0 Å². The fourth-order valence-corrected chi connectivity index (χ4v) is 2.81. The van der Waals surface area contributed by atoms with Crippen LogP contribution in [0.15, 0.2) is 78.9 Å². The van der Waals surface area contributed by atoms with Crippen molar-refractivity contribution < 1.29 is 9.90 Å². The van der Waals surface area contributed by atoms with E-state index in [0.717, 1.165) is 24.0 Å². The third-order valence-electron chi connectivity index (χ3n) is 4.19. The Labute approximate surface area is 148 Å². The van der Waals surface area contributed by atoms with Crippen LogP contribution in [0.25, 0.3) is 0 Å². The SMILES string of the molecule is O=C(O)c1ccc(CCc2ccccc2)cc1NCc1ccccc1. The normalized spacial score (nSPS) is 10.4. The number of aryl methyl sites for hydroxylation is 2. The summed E-state index contributed by atoms with van der Waals surface area (Å²) in [6.07, 6.45) is 1.81. The van der Waals surface area contributed by atoms with Gasteiger partial charge in [-0.2, -0.15) is 0 Å². The number of anilines is 1. The van der Waals surface area contributed by atoms with Crippen LogP contribution in [-0.4, -0.2) is 11.1 Å². The number of hydrogen-bond acceptors (Lipinski definition) is 2. The lowest BCUT2D eigenvalue weighted by Crippen LogP contribution is -2.07. The Hall–Kier alpha value is -3.07.